The minimum absolute atomic E-state index is 0.592. The van der Waals surface area contributed by atoms with Crippen LogP contribution in [0.1, 0.15) is 24.6 Å². The highest BCUT2D eigenvalue weighted by Gasteiger charge is 2.21. The SMILES string of the molecule is C=C/C=C\C(=C/C)n1c2c(c3cc(-c4ccc5c(c4)c4ccccc4n5-c4nc(-c5ccccc5)nc(-c5ccccc5)n4)ccc31)CCC=C2. The van der Waals surface area contributed by atoms with Gasteiger partial charge in [0, 0.05) is 38.7 Å². The summed E-state index contributed by atoms with van der Waals surface area (Å²) in [5.41, 5.74) is 11.4. The average molecular weight is 658 g/mol. The highest BCUT2D eigenvalue weighted by molar-refractivity contribution is 6.10. The van der Waals surface area contributed by atoms with Crippen molar-refractivity contribution in [3.63, 3.8) is 0 Å². The Morgan fingerprint density at radius 2 is 1.27 bits per heavy atom. The summed E-state index contributed by atoms with van der Waals surface area (Å²) in [6.07, 6.45) is 14.8. The van der Waals surface area contributed by atoms with E-state index in [1.807, 2.05) is 72.8 Å². The molecule has 1 aliphatic carbocycles. The van der Waals surface area contributed by atoms with Crippen LogP contribution in [-0.2, 0) is 6.42 Å². The van der Waals surface area contributed by atoms with Gasteiger partial charge < -0.3 is 4.57 Å². The zero-order valence-electron chi connectivity index (χ0n) is 28.4. The summed E-state index contributed by atoms with van der Waals surface area (Å²) in [6, 6.07) is 42.4. The van der Waals surface area contributed by atoms with Gasteiger partial charge in [0.25, 0.3) is 0 Å². The van der Waals surface area contributed by atoms with Crippen LogP contribution >= 0.6 is 0 Å². The molecule has 8 aromatic rings. The van der Waals surface area contributed by atoms with Crippen LogP contribution in [0.3, 0.4) is 0 Å². The molecule has 0 saturated heterocycles. The molecule has 0 N–H and O–H groups in total. The number of aromatic nitrogens is 5. The van der Waals surface area contributed by atoms with Crippen LogP contribution in [0.2, 0.25) is 0 Å². The predicted molar refractivity (Wildman–Crippen MR) is 213 cm³/mol. The van der Waals surface area contributed by atoms with Gasteiger partial charge in [-0.25, -0.2) is 4.98 Å². The van der Waals surface area contributed by atoms with E-state index in [0.717, 1.165) is 51.5 Å². The first-order valence-corrected chi connectivity index (χ1v) is 17.4. The Bertz CT molecular complexity index is 2650. The lowest BCUT2D eigenvalue weighted by Gasteiger charge is -2.12. The third-order valence-corrected chi connectivity index (χ3v) is 9.80. The van der Waals surface area contributed by atoms with Gasteiger partial charge >= 0.3 is 0 Å². The maximum absolute atomic E-state index is 5.09. The molecule has 0 spiro atoms. The molecule has 0 aliphatic heterocycles. The van der Waals surface area contributed by atoms with Crippen molar-refractivity contribution in [3.05, 3.63) is 170 Å². The van der Waals surface area contributed by atoms with Crippen LogP contribution in [-0.4, -0.2) is 24.1 Å². The number of aryl methyl sites for hydroxylation is 1. The molecule has 244 valence electrons. The van der Waals surface area contributed by atoms with Crippen LogP contribution in [0.5, 0.6) is 0 Å². The van der Waals surface area contributed by atoms with E-state index >= 15 is 0 Å². The first-order valence-electron chi connectivity index (χ1n) is 17.4. The van der Waals surface area contributed by atoms with Gasteiger partial charge in [-0.2, -0.15) is 9.97 Å². The Morgan fingerprint density at radius 3 is 1.96 bits per heavy atom. The van der Waals surface area contributed by atoms with Crippen LogP contribution in [0.15, 0.2) is 158 Å². The maximum Gasteiger partial charge on any atom is 0.238 e. The fourth-order valence-electron chi connectivity index (χ4n) is 7.43. The van der Waals surface area contributed by atoms with E-state index in [2.05, 4.69) is 108 Å². The second-order valence-corrected chi connectivity index (χ2v) is 12.8. The summed E-state index contributed by atoms with van der Waals surface area (Å²) in [5.74, 6) is 1.87. The molecule has 0 amide bonds. The summed E-state index contributed by atoms with van der Waals surface area (Å²) in [6.45, 7) is 5.98. The monoisotopic (exact) mass is 657 g/mol. The van der Waals surface area contributed by atoms with Crippen molar-refractivity contribution < 1.29 is 0 Å². The van der Waals surface area contributed by atoms with Crippen molar-refractivity contribution in [2.75, 3.05) is 0 Å². The Labute approximate surface area is 296 Å². The fraction of sp³-hybridized carbons (Fsp3) is 0.0652. The quantitative estimate of drug-likeness (QED) is 0.160. The van der Waals surface area contributed by atoms with E-state index in [9.17, 15) is 0 Å². The normalized spacial score (nSPS) is 13.1. The Morgan fingerprint density at radius 1 is 0.647 bits per heavy atom. The van der Waals surface area contributed by atoms with Gasteiger partial charge in [-0.15, -0.1) is 0 Å². The minimum Gasteiger partial charge on any atom is -0.310 e. The van der Waals surface area contributed by atoms with Gasteiger partial charge in [0.15, 0.2) is 11.6 Å². The lowest BCUT2D eigenvalue weighted by molar-refractivity contribution is 0.953. The van der Waals surface area contributed by atoms with Gasteiger partial charge in [0.1, 0.15) is 0 Å². The smallest absolute Gasteiger partial charge is 0.238 e. The van der Waals surface area contributed by atoms with Gasteiger partial charge in [-0.1, -0.05) is 122 Å². The van der Waals surface area contributed by atoms with E-state index in [-0.39, 0.29) is 0 Å². The summed E-state index contributed by atoms with van der Waals surface area (Å²) >= 11 is 0. The van der Waals surface area contributed by atoms with Gasteiger partial charge in [0.2, 0.25) is 5.95 Å². The Kier molecular flexibility index (Phi) is 7.59. The molecule has 0 radical (unpaired) electrons. The molecule has 9 rings (SSSR count). The van der Waals surface area contributed by atoms with Crippen molar-refractivity contribution in [1.29, 1.82) is 0 Å². The van der Waals surface area contributed by atoms with E-state index in [1.165, 1.54) is 33.3 Å². The molecule has 5 aromatic carbocycles. The van der Waals surface area contributed by atoms with E-state index < -0.39 is 0 Å². The molecular weight excluding hydrogens is 623 g/mol. The highest BCUT2D eigenvalue weighted by Crippen LogP contribution is 2.39. The van der Waals surface area contributed by atoms with Crippen molar-refractivity contribution in [1.82, 2.24) is 24.1 Å². The summed E-state index contributed by atoms with van der Waals surface area (Å²) in [5, 5.41) is 3.60. The number of allylic oxidation sites excluding steroid dienone is 6. The van der Waals surface area contributed by atoms with E-state index in [4.69, 9.17) is 15.0 Å². The van der Waals surface area contributed by atoms with Gasteiger partial charge in [-0.05, 0) is 78.9 Å². The summed E-state index contributed by atoms with van der Waals surface area (Å²) in [4.78, 5) is 15.1. The maximum atomic E-state index is 5.09. The third kappa shape index (κ3) is 5.22. The van der Waals surface area contributed by atoms with Crippen LogP contribution in [0, 0.1) is 0 Å². The zero-order valence-corrected chi connectivity index (χ0v) is 28.4. The molecule has 0 unspecified atom stereocenters. The number of hydrogen-bond acceptors (Lipinski definition) is 3. The minimum atomic E-state index is 0.592. The number of nitrogens with zero attached hydrogens (tertiary/aromatic N) is 5. The summed E-state index contributed by atoms with van der Waals surface area (Å²) < 4.78 is 4.56. The molecule has 5 heteroatoms. The number of para-hydroxylation sites is 1. The molecule has 0 bridgehead atoms. The molecule has 0 saturated carbocycles. The van der Waals surface area contributed by atoms with E-state index in [1.54, 1.807) is 0 Å². The molecule has 51 heavy (non-hydrogen) atoms. The first kappa shape index (κ1) is 30.5. The Balaban J connectivity index is 1.23. The van der Waals surface area contributed by atoms with E-state index in [0.29, 0.717) is 17.6 Å². The zero-order chi connectivity index (χ0) is 34.3. The number of fused-ring (bicyclic) bond motifs is 6. The van der Waals surface area contributed by atoms with Crippen molar-refractivity contribution >= 4 is 44.5 Å². The van der Waals surface area contributed by atoms with Crippen LogP contribution in [0.25, 0.3) is 84.3 Å². The molecule has 0 atom stereocenters. The van der Waals surface area contributed by atoms with Gasteiger partial charge in [-0.3, -0.25) is 4.57 Å². The lowest BCUT2D eigenvalue weighted by atomic mass is 9.97. The lowest BCUT2D eigenvalue weighted by Crippen LogP contribution is -2.06. The Hall–Kier alpha value is -6.59. The summed E-state index contributed by atoms with van der Waals surface area (Å²) in [7, 11) is 0. The fourth-order valence-corrected chi connectivity index (χ4v) is 7.43. The van der Waals surface area contributed by atoms with Crippen LogP contribution < -0.4 is 0 Å². The number of rotatable bonds is 7. The molecular formula is C46H35N5. The highest BCUT2D eigenvalue weighted by atomic mass is 15.2. The second kappa shape index (κ2) is 12.7. The van der Waals surface area contributed by atoms with Crippen LogP contribution in [0.4, 0.5) is 0 Å². The van der Waals surface area contributed by atoms with Crippen molar-refractivity contribution in [2.45, 2.75) is 19.8 Å². The van der Waals surface area contributed by atoms with Crippen molar-refractivity contribution in [3.8, 4) is 39.9 Å². The number of hydrogen-bond donors (Lipinski definition) is 0. The molecule has 3 aromatic heterocycles. The average Bonchev–Trinajstić information content (AvgIpc) is 3.71. The molecule has 5 nitrogen and oxygen atoms in total. The van der Waals surface area contributed by atoms with Crippen molar-refractivity contribution in [2.24, 2.45) is 0 Å². The van der Waals surface area contributed by atoms with Gasteiger partial charge in [0.05, 0.1) is 16.6 Å². The second-order valence-electron chi connectivity index (χ2n) is 12.8. The first-order chi connectivity index (χ1) is 25.2. The third-order valence-electron chi connectivity index (χ3n) is 9.80. The molecule has 0 fully saturated rings. The molecule has 3 heterocycles. The predicted octanol–water partition coefficient (Wildman–Crippen LogP) is 11.5. The molecule has 1 aliphatic rings. The largest absolute Gasteiger partial charge is 0.310 e. The standard InChI is InChI=1S/C46H35N5/c1-3-5-20-35(4-2)50-40-23-14-12-21-36(40)38-29-33(25-27-42(38)50)34-26-28-43-39(30-34)37-22-13-15-24-41(37)51(43)46-48-44(31-16-8-6-9-17-31)47-45(49-46)32-18-10-7-11-19-32/h3-11,13-20,22-30H,1,12,21H2,2H3/b20-5-,35-4+. The number of benzene rings is 5. The topological polar surface area (TPSA) is 48.5 Å².